The van der Waals surface area contributed by atoms with E-state index in [1.165, 1.54) is 22.5 Å². The molecule has 2 heteroatoms. The van der Waals surface area contributed by atoms with Crippen molar-refractivity contribution in [3.63, 3.8) is 0 Å². The van der Waals surface area contributed by atoms with Gasteiger partial charge in [0.15, 0.2) is 0 Å². The predicted octanol–water partition coefficient (Wildman–Crippen LogP) is 1.67. The van der Waals surface area contributed by atoms with Gasteiger partial charge in [-0.3, -0.25) is 0 Å². The summed E-state index contributed by atoms with van der Waals surface area (Å²) in [6.07, 6.45) is 0. The molecule has 0 spiro atoms. The van der Waals surface area contributed by atoms with Crippen molar-refractivity contribution in [3.8, 4) is 0 Å². The Morgan fingerprint density at radius 2 is 1.06 bits per heavy atom. The molecule has 0 aliphatic rings. The van der Waals surface area contributed by atoms with E-state index in [1.54, 1.807) is 0 Å². The van der Waals surface area contributed by atoms with E-state index in [2.05, 4.69) is 60.7 Å². The van der Waals surface area contributed by atoms with Crippen LogP contribution >= 0.6 is 0 Å². The van der Waals surface area contributed by atoms with Crippen LogP contribution in [0.25, 0.3) is 0 Å². The topological polar surface area (TPSA) is 17.1 Å². The number of ketones is 1. The standard InChI is InChI=1S/C12H11As.C3H6O/c1-3-7-11(8-4-1)13-12-9-5-2-6-10-12;1-3(2)4/h1-10,13H;1-2H3. The Morgan fingerprint density at radius 1 is 0.765 bits per heavy atom. The van der Waals surface area contributed by atoms with Crippen molar-refractivity contribution in [2.45, 2.75) is 13.8 Å². The third-order valence-electron chi connectivity index (χ3n) is 1.84. The number of carbonyl (C=O) groups is 1. The zero-order chi connectivity index (χ0) is 12.5. The van der Waals surface area contributed by atoms with Gasteiger partial charge in [0.05, 0.1) is 0 Å². The molecule has 0 radical (unpaired) electrons. The van der Waals surface area contributed by atoms with Crippen molar-refractivity contribution in [2.24, 2.45) is 0 Å². The molecule has 0 fully saturated rings. The summed E-state index contributed by atoms with van der Waals surface area (Å²) < 4.78 is 2.99. The fourth-order valence-electron chi connectivity index (χ4n) is 1.21. The van der Waals surface area contributed by atoms with Crippen LogP contribution < -0.4 is 8.70 Å². The predicted molar refractivity (Wildman–Crippen MR) is 75.7 cm³/mol. The second kappa shape index (κ2) is 7.86. The van der Waals surface area contributed by atoms with Crippen LogP contribution in [0.1, 0.15) is 13.8 Å². The van der Waals surface area contributed by atoms with E-state index in [1.807, 2.05) is 0 Å². The average Bonchev–Trinajstić information content (AvgIpc) is 2.31. The van der Waals surface area contributed by atoms with Gasteiger partial charge < -0.3 is 4.79 Å². The van der Waals surface area contributed by atoms with Crippen LogP contribution in [0.5, 0.6) is 0 Å². The minimum atomic E-state index is -0.108. The van der Waals surface area contributed by atoms with Gasteiger partial charge in [0.25, 0.3) is 0 Å². The van der Waals surface area contributed by atoms with Crippen LogP contribution in [0.4, 0.5) is 0 Å². The van der Waals surface area contributed by atoms with Crippen molar-refractivity contribution in [3.05, 3.63) is 60.7 Å². The van der Waals surface area contributed by atoms with E-state index < -0.39 is 0 Å². The van der Waals surface area contributed by atoms with E-state index in [-0.39, 0.29) is 21.5 Å². The quantitative estimate of drug-likeness (QED) is 0.768. The molecule has 0 heterocycles. The van der Waals surface area contributed by atoms with Crippen LogP contribution in [0, 0.1) is 0 Å². The molecule has 0 N–H and O–H groups in total. The number of Topliss-reactive ketones (excluding diaryl/α,β-unsaturated/α-hetero) is 1. The van der Waals surface area contributed by atoms with E-state index in [4.69, 9.17) is 0 Å². The van der Waals surface area contributed by atoms with Gasteiger partial charge in [0.1, 0.15) is 5.78 Å². The van der Waals surface area contributed by atoms with Gasteiger partial charge in [-0.15, -0.1) is 0 Å². The van der Waals surface area contributed by atoms with Crippen molar-refractivity contribution >= 4 is 30.2 Å². The first kappa shape index (κ1) is 13.7. The molecule has 0 aliphatic carbocycles. The summed E-state index contributed by atoms with van der Waals surface area (Å²) in [6.45, 7) is 3.06. The second-order valence-corrected chi connectivity index (χ2v) is 6.71. The van der Waals surface area contributed by atoms with Crippen LogP contribution in [-0.4, -0.2) is 21.5 Å². The molecular weight excluding hydrogens is 271 g/mol. The first-order valence-corrected chi connectivity index (χ1v) is 7.62. The first-order valence-electron chi connectivity index (χ1n) is 5.53. The number of rotatable bonds is 2. The molecule has 0 atom stereocenters. The second-order valence-electron chi connectivity index (χ2n) is 3.77. The number of benzene rings is 2. The van der Waals surface area contributed by atoms with Crippen molar-refractivity contribution in [2.75, 3.05) is 0 Å². The third kappa shape index (κ3) is 6.75. The van der Waals surface area contributed by atoms with E-state index in [9.17, 15) is 4.79 Å². The van der Waals surface area contributed by atoms with Gasteiger partial charge in [-0.2, -0.15) is 0 Å². The first-order chi connectivity index (χ1) is 8.18. The van der Waals surface area contributed by atoms with E-state index >= 15 is 0 Å². The Labute approximate surface area is 110 Å². The molecule has 0 amide bonds. The summed E-state index contributed by atoms with van der Waals surface area (Å²) >= 11 is -0.108. The molecule has 0 saturated heterocycles. The van der Waals surface area contributed by atoms with Gasteiger partial charge >= 0.3 is 85.1 Å². The number of carbonyl (C=O) groups excluding carboxylic acids is 1. The maximum absolute atomic E-state index is 9.44. The van der Waals surface area contributed by atoms with Gasteiger partial charge in [-0.05, 0) is 13.8 Å². The zero-order valence-electron chi connectivity index (χ0n) is 10.2. The molecule has 0 aliphatic heterocycles. The summed E-state index contributed by atoms with van der Waals surface area (Å²) in [6, 6.07) is 21.5. The summed E-state index contributed by atoms with van der Waals surface area (Å²) in [5.41, 5.74) is 0. The molecule has 1 nitrogen and oxygen atoms in total. The normalized spacial score (nSPS) is 9.06. The Hall–Kier alpha value is -1.33. The fraction of sp³-hybridized carbons (Fsp3) is 0.133. The summed E-state index contributed by atoms with van der Waals surface area (Å²) in [4.78, 5) is 9.44. The molecule has 2 rings (SSSR count). The molecular formula is C15H17AsO. The summed E-state index contributed by atoms with van der Waals surface area (Å²) in [7, 11) is 0. The molecule has 0 unspecified atom stereocenters. The average molecular weight is 288 g/mol. The number of hydrogen-bond donors (Lipinski definition) is 0. The Morgan fingerprint density at radius 3 is 1.35 bits per heavy atom. The van der Waals surface area contributed by atoms with Gasteiger partial charge in [0.2, 0.25) is 0 Å². The van der Waals surface area contributed by atoms with Crippen LogP contribution in [0.3, 0.4) is 0 Å². The molecule has 0 saturated carbocycles. The Bertz CT molecular complexity index is 395. The Balaban J connectivity index is 0.000000317. The monoisotopic (exact) mass is 288 g/mol. The van der Waals surface area contributed by atoms with E-state index in [0.717, 1.165) is 0 Å². The van der Waals surface area contributed by atoms with Crippen LogP contribution in [-0.2, 0) is 4.79 Å². The molecule has 0 bridgehead atoms. The molecule has 88 valence electrons. The van der Waals surface area contributed by atoms with Gasteiger partial charge in [-0.25, -0.2) is 0 Å². The molecule has 0 aromatic heterocycles. The van der Waals surface area contributed by atoms with Gasteiger partial charge in [0, 0.05) is 0 Å². The van der Waals surface area contributed by atoms with E-state index in [0.29, 0.717) is 0 Å². The van der Waals surface area contributed by atoms with Crippen molar-refractivity contribution < 1.29 is 4.79 Å². The fourth-order valence-corrected chi connectivity index (χ4v) is 3.42. The minimum absolute atomic E-state index is 0.108. The molecule has 2 aromatic carbocycles. The molecule has 17 heavy (non-hydrogen) atoms. The van der Waals surface area contributed by atoms with Gasteiger partial charge in [-0.1, -0.05) is 0 Å². The Kier molecular flexibility index (Phi) is 6.35. The number of hydrogen-bond acceptors (Lipinski definition) is 1. The SMILES string of the molecule is CC(C)=O.c1ccc([AsH]c2ccccc2)cc1. The third-order valence-corrected chi connectivity index (χ3v) is 4.45. The van der Waals surface area contributed by atoms with Crippen molar-refractivity contribution in [1.82, 2.24) is 0 Å². The van der Waals surface area contributed by atoms with Crippen molar-refractivity contribution in [1.29, 1.82) is 0 Å². The van der Waals surface area contributed by atoms with Crippen LogP contribution in [0.15, 0.2) is 60.7 Å². The zero-order valence-corrected chi connectivity index (χ0v) is 12.3. The van der Waals surface area contributed by atoms with Crippen LogP contribution in [0.2, 0.25) is 0 Å². The summed E-state index contributed by atoms with van der Waals surface area (Å²) in [5, 5.41) is 0. The summed E-state index contributed by atoms with van der Waals surface area (Å²) in [5.74, 6) is 0.167. The maximum atomic E-state index is 9.44. The molecule has 2 aromatic rings.